The second-order valence-electron chi connectivity index (χ2n) is 3.34. The van der Waals surface area contributed by atoms with Gasteiger partial charge in [0.15, 0.2) is 0 Å². The molecule has 0 atom stereocenters. The Kier molecular flexibility index (Phi) is 10.6. The molecule has 1 aromatic carbocycles. The lowest BCUT2D eigenvalue weighted by molar-refractivity contribution is -0.104. The SMILES string of the molecule is CCCCCO.O=C/C=C/c1ccccc1. The third-order valence-corrected chi connectivity index (χ3v) is 1.93. The molecule has 0 saturated carbocycles. The number of carbonyl (C=O) groups excluding carboxylic acids is 1. The molecule has 0 fully saturated rings. The Labute approximate surface area is 97.6 Å². The van der Waals surface area contributed by atoms with Crippen LogP contribution >= 0.6 is 0 Å². The molecule has 1 N–H and O–H groups in total. The van der Waals surface area contributed by atoms with Crippen LogP contribution in [0.15, 0.2) is 36.4 Å². The van der Waals surface area contributed by atoms with Crippen molar-refractivity contribution in [2.45, 2.75) is 26.2 Å². The Morgan fingerprint density at radius 3 is 2.31 bits per heavy atom. The van der Waals surface area contributed by atoms with Gasteiger partial charge in [-0.05, 0) is 18.1 Å². The summed E-state index contributed by atoms with van der Waals surface area (Å²) in [6.45, 7) is 2.48. The Morgan fingerprint density at radius 1 is 1.19 bits per heavy atom. The second kappa shape index (κ2) is 11.7. The number of benzene rings is 1. The number of unbranched alkanes of at least 4 members (excludes halogenated alkanes) is 2. The highest BCUT2D eigenvalue weighted by atomic mass is 16.2. The van der Waals surface area contributed by atoms with Gasteiger partial charge in [0, 0.05) is 6.61 Å². The molecular formula is C14H20O2. The van der Waals surface area contributed by atoms with E-state index in [-0.39, 0.29) is 0 Å². The molecule has 0 aliphatic carbocycles. The molecule has 0 amide bonds. The summed E-state index contributed by atoms with van der Waals surface area (Å²) in [4.78, 5) is 9.89. The first-order valence-corrected chi connectivity index (χ1v) is 5.63. The highest BCUT2D eigenvalue weighted by Crippen LogP contribution is 1.99. The number of aldehydes is 1. The molecule has 0 spiro atoms. The van der Waals surface area contributed by atoms with Crippen molar-refractivity contribution >= 4 is 12.4 Å². The second-order valence-corrected chi connectivity index (χ2v) is 3.34. The topological polar surface area (TPSA) is 37.3 Å². The minimum atomic E-state index is 0.355. The van der Waals surface area contributed by atoms with Gasteiger partial charge in [0.05, 0.1) is 0 Å². The molecule has 0 heterocycles. The van der Waals surface area contributed by atoms with Crippen molar-refractivity contribution < 1.29 is 9.90 Å². The molecule has 2 heteroatoms. The van der Waals surface area contributed by atoms with Crippen LogP contribution in [0.1, 0.15) is 31.7 Å². The summed E-state index contributed by atoms with van der Waals surface area (Å²) in [6, 6.07) is 9.70. The van der Waals surface area contributed by atoms with Crippen molar-refractivity contribution in [3.63, 3.8) is 0 Å². The number of hydrogen-bond acceptors (Lipinski definition) is 2. The van der Waals surface area contributed by atoms with E-state index in [0.29, 0.717) is 6.61 Å². The highest BCUT2D eigenvalue weighted by Gasteiger charge is 1.79. The molecule has 1 rings (SSSR count). The van der Waals surface area contributed by atoms with Crippen LogP contribution in [0.5, 0.6) is 0 Å². The van der Waals surface area contributed by atoms with Crippen molar-refractivity contribution in [2.75, 3.05) is 6.61 Å². The first kappa shape index (κ1) is 14.6. The predicted molar refractivity (Wildman–Crippen MR) is 68.2 cm³/mol. The van der Waals surface area contributed by atoms with Crippen LogP contribution in [0.3, 0.4) is 0 Å². The maximum Gasteiger partial charge on any atom is 0.142 e. The van der Waals surface area contributed by atoms with Crippen molar-refractivity contribution in [3.05, 3.63) is 42.0 Å². The first-order chi connectivity index (χ1) is 7.85. The number of allylic oxidation sites excluding steroid dienone is 1. The van der Waals surface area contributed by atoms with Crippen molar-refractivity contribution in [1.82, 2.24) is 0 Å². The van der Waals surface area contributed by atoms with Gasteiger partial charge in [-0.2, -0.15) is 0 Å². The van der Waals surface area contributed by atoms with Crippen LogP contribution in [-0.4, -0.2) is 18.0 Å². The molecule has 88 valence electrons. The van der Waals surface area contributed by atoms with Gasteiger partial charge in [-0.3, -0.25) is 4.79 Å². The quantitative estimate of drug-likeness (QED) is 0.470. The van der Waals surface area contributed by atoms with E-state index in [9.17, 15) is 4.79 Å². The van der Waals surface area contributed by atoms with Gasteiger partial charge < -0.3 is 5.11 Å². The van der Waals surface area contributed by atoms with Gasteiger partial charge >= 0.3 is 0 Å². The van der Waals surface area contributed by atoms with E-state index >= 15 is 0 Å². The number of hydrogen-bond donors (Lipinski definition) is 1. The van der Waals surface area contributed by atoms with Crippen LogP contribution in [0.25, 0.3) is 6.08 Å². The molecule has 0 bridgehead atoms. The Morgan fingerprint density at radius 2 is 1.88 bits per heavy atom. The minimum Gasteiger partial charge on any atom is -0.396 e. The highest BCUT2D eigenvalue weighted by molar-refractivity contribution is 5.73. The fourth-order valence-electron chi connectivity index (χ4n) is 1.08. The molecule has 16 heavy (non-hydrogen) atoms. The molecule has 0 saturated heterocycles. The number of aliphatic hydroxyl groups excluding tert-OH is 1. The lowest BCUT2D eigenvalue weighted by Gasteiger charge is -1.86. The fourth-order valence-corrected chi connectivity index (χ4v) is 1.08. The van der Waals surface area contributed by atoms with E-state index < -0.39 is 0 Å². The Balaban J connectivity index is 0.000000325. The van der Waals surface area contributed by atoms with Gasteiger partial charge in [0.25, 0.3) is 0 Å². The maximum absolute atomic E-state index is 9.89. The fraction of sp³-hybridized carbons (Fsp3) is 0.357. The molecular weight excluding hydrogens is 200 g/mol. The monoisotopic (exact) mass is 220 g/mol. The summed E-state index contributed by atoms with van der Waals surface area (Å²) in [6.07, 6.45) is 7.35. The summed E-state index contributed by atoms with van der Waals surface area (Å²) in [5.41, 5.74) is 1.05. The predicted octanol–water partition coefficient (Wildman–Crippen LogP) is 3.07. The average molecular weight is 220 g/mol. The van der Waals surface area contributed by atoms with E-state index in [4.69, 9.17) is 5.11 Å². The third-order valence-electron chi connectivity index (χ3n) is 1.93. The zero-order valence-electron chi connectivity index (χ0n) is 9.80. The maximum atomic E-state index is 9.89. The number of rotatable bonds is 5. The van der Waals surface area contributed by atoms with E-state index in [2.05, 4.69) is 6.92 Å². The van der Waals surface area contributed by atoms with Gasteiger partial charge in [-0.1, -0.05) is 56.2 Å². The van der Waals surface area contributed by atoms with Gasteiger partial charge in [-0.25, -0.2) is 0 Å². The normalized spacial score (nSPS) is 9.62. The summed E-state index contributed by atoms with van der Waals surface area (Å²) in [5, 5.41) is 8.20. The summed E-state index contributed by atoms with van der Waals surface area (Å²) >= 11 is 0. The molecule has 0 aliphatic heterocycles. The molecule has 0 unspecified atom stereocenters. The lowest BCUT2D eigenvalue weighted by Crippen LogP contribution is -1.78. The van der Waals surface area contributed by atoms with Crippen LogP contribution in [0.2, 0.25) is 0 Å². The summed E-state index contributed by atoms with van der Waals surface area (Å²) in [5.74, 6) is 0. The van der Waals surface area contributed by atoms with Crippen molar-refractivity contribution in [1.29, 1.82) is 0 Å². The zero-order valence-corrected chi connectivity index (χ0v) is 9.80. The van der Waals surface area contributed by atoms with Crippen LogP contribution in [-0.2, 0) is 4.79 Å². The van der Waals surface area contributed by atoms with Gasteiger partial charge in [-0.15, -0.1) is 0 Å². The molecule has 1 aromatic rings. The van der Waals surface area contributed by atoms with Crippen LogP contribution in [0.4, 0.5) is 0 Å². The van der Waals surface area contributed by atoms with Crippen molar-refractivity contribution in [3.8, 4) is 0 Å². The molecule has 0 aliphatic rings. The smallest absolute Gasteiger partial charge is 0.142 e. The van der Waals surface area contributed by atoms with E-state index in [1.807, 2.05) is 30.3 Å². The summed E-state index contributed by atoms with van der Waals surface area (Å²) < 4.78 is 0. The molecule has 0 aromatic heterocycles. The lowest BCUT2D eigenvalue weighted by atomic mass is 10.2. The third kappa shape index (κ3) is 9.16. The van der Waals surface area contributed by atoms with Crippen LogP contribution < -0.4 is 0 Å². The van der Waals surface area contributed by atoms with Crippen LogP contribution in [0, 0.1) is 0 Å². The van der Waals surface area contributed by atoms with Gasteiger partial charge in [0.2, 0.25) is 0 Å². The standard InChI is InChI=1S/C9H8O.C5H12O/c10-8-4-7-9-5-2-1-3-6-9;1-2-3-4-5-6/h1-8H;6H,2-5H2,1H3/b7-4+;. The average Bonchev–Trinajstić information content (AvgIpc) is 2.36. The summed E-state index contributed by atoms with van der Waals surface area (Å²) in [7, 11) is 0. The Bertz CT molecular complexity index is 274. The van der Waals surface area contributed by atoms with Crippen molar-refractivity contribution in [2.24, 2.45) is 0 Å². The van der Waals surface area contributed by atoms with E-state index in [0.717, 1.165) is 24.7 Å². The number of carbonyl (C=O) groups is 1. The molecule has 0 radical (unpaired) electrons. The molecule has 2 nitrogen and oxygen atoms in total. The van der Waals surface area contributed by atoms with Gasteiger partial charge in [0.1, 0.15) is 6.29 Å². The largest absolute Gasteiger partial charge is 0.396 e. The van der Waals surface area contributed by atoms with E-state index in [1.165, 1.54) is 12.5 Å². The Hall–Kier alpha value is -1.41. The first-order valence-electron chi connectivity index (χ1n) is 5.63. The zero-order chi connectivity index (χ0) is 12.1. The number of aliphatic hydroxyl groups is 1. The van der Waals surface area contributed by atoms with E-state index in [1.54, 1.807) is 6.08 Å². The minimum absolute atomic E-state index is 0.355.